The molecule has 0 aromatic heterocycles. The van der Waals surface area contributed by atoms with Gasteiger partial charge in [0.05, 0.1) is 17.7 Å². The first kappa shape index (κ1) is 33.3. The second kappa shape index (κ2) is 14.4. The van der Waals surface area contributed by atoms with Crippen molar-refractivity contribution in [1.29, 1.82) is 0 Å². The molecule has 1 N–H and O–H groups in total. The Balaban J connectivity index is 1.85. The predicted octanol–water partition coefficient (Wildman–Crippen LogP) is 5.75. The minimum Gasteiger partial charge on any atom is -0.495 e. The zero-order valence-electron chi connectivity index (χ0n) is 26.4. The normalized spacial score (nSPS) is 12.2. The fraction of sp³-hybridized carbons (Fsp3) is 0.278. The van der Waals surface area contributed by atoms with Gasteiger partial charge in [0.15, 0.2) is 0 Å². The number of nitrogens with zero attached hydrogens (tertiary/aromatic N) is 2. The number of benzene rings is 4. The summed E-state index contributed by atoms with van der Waals surface area (Å²) in [4.78, 5) is 30.2. The van der Waals surface area contributed by atoms with Gasteiger partial charge in [0.2, 0.25) is 11.8 Å². The number of amides is 2. The van der Waals surface area contributed by atoms with Gasteiger partial charge in [0, 0.05) is 18.5 Å². The van der Waals surface area contributed by atoms with Gasteiger partial charge in [-0.2, -0.15) is 0 Å². The van der Waals surface area contributed by atoms with E-state index in [9.17, 15) is 18.0 Å². The van der Waals surface area contributed by atoms with E-state index in [2.05, 4.69) is 5.32 Å². The molecule has 0 bridgehead atoms. The Morgan fingerprint density at radius 3 is 2.02 bits per heavy atom. The molecule has 236 valence electrons. The number of rotatable bonds is 12. The first-order valence-electron chi connectivity index (χ1n) is 14.8. The lowest BCUT2D eigenvalue weighted by atomic mass is 10.00. The van der Waals surface area contributed by atoms with E-state index in [4.69, 9.17) is 4.74 Å². The SMILES string of the molecule is COc1ccccc1N(CC(=O)N(Cc1ccccc1C)C(Cc1ccccc1)C(=O)NC(C)(C)C)S(=O)(=O)c1ccccc1. The van der Waals surface area contributed by atoms with Gasteiger partial charge in [0.25, 0.3) is 10.0 Å². The van der Waals surface area contributed by atoms with Crippen molar-refractivity contribution in [3.05, 3.63) is 126 Å². The van der Waals surface area contributed by atoms with Crippen molar-refractivity contribution in [1.82, 2.24) is 10.2 Å². The zero-order chi connectivity index (χ0) is 32.6. The van der Waals surface area contributed by atoms with Crippen LogP contribution in [0, 0.1) is 6.92 Å². The topological polar surface area (TPSA) is 96.0 Å². The van der Waals surface area contributed by atoms with Gasteiger partial charge in [-0.1, -0.05) is 84.9 Å². The van der Waals surface area contributed by atoms with Crippen molar-refractivity contribution >= 4 is 27.5 Å². The molecule has 0 fully saturated rings. The number of ether oxygens (including phenoxy) is 1. The van der Waals surface area contributed by atoms with Gasteiger partial charge in [-0.05, 0) is 68.7 Å². The van der Waals surface area contributed by atoms with Crippen LogP contribution in [0.4, 0.5) is 5.69 Å². The van der Waals surface area contributed by atoms with Crippen molar-refractivity contribution in [2.24, 2.45) is 0 Å². The van der Waals surface area contributed by atoms with Crippen LogP contribution in [0.2, 0.25) is 0 Å². The van der Waals surface area contributed by atoms with Crippen LogP contribution in [0.1, 0.15) is 37.5 Å². The highest BCUT2D eigenvalue weighted by Crippen LogP contribution is 2.32. The smallest absolute Gasteiger partial charge is 0.264 e. The number of carbonyl (C=O) groups is 2. The van der Waals surface area contributed by atoms with Gasteiger partial charge in [-0.15, -0.1) is 0 Å². The molecule has 2 amide bonds. The van der Waals surface area contributed by atoms with E-state index in [1.165, 1.54) is 24.1 Å². The van der Waals surface area contributed by atoms with Crippen LogP contribution in [0.3, 0.4) is 0 Å². The van der Waals surface area contributed by atoms with Crippen LogP contribution in [0.5, 0.6) is 5.75 Å². The van der Waals surface area contributed by atoms with Crippen LogP contribution in [-0.4, -0.2) is 50.4 Å². The summed E-state index contributed by atoms with van der Waals surface area (Å²) in [7, 11) is -2.78. The van der Waals surface area contributed by atoms with Crippen molar-refractivity contribution < 1.29 is 22.7 Å². The molecule has 9 heteroatoms. The summed E-state index contributed by atoms with van der Waals surface area (Å²) in [5.41, 5.74) is 2.31. The molecule has 0 radical (unpaired) electrons. The molecule has 4 rings (SSSR count). The molecule has 8 nitrogen and oxygen atoms in total. The second-order valence-electron chi connectivity index (χ2n) is 11.9. The number of hydrogen-bond donors (Lipinski definition) is 1. The van der Waals surface area contributed by atoms with Gasteiger partial charge < -0.3 is 15.0 Å². The van der Waals surface area contributed by atoms with E-state index in [1.54, 1.807) is 42.5 Å². The first-order chi connectivity index (χ1) is 21.4. The molecule has 0 saturated heterocycles. The van der Waals surface area contributed by atoms with E-state index in [0.717, 1.165) is 21.0 Å². The molecule has 0 spiro atoms. The Hall–Kier alpha value is -4.63. The molecular weight excluding hydrogens is 586 g/mol. The summed E-state index contributed by atoms with van der Waals surface area (Å²) in [5.74, 6) is -0.571. The highest BCUT2D eigenvalue weighted by molar-refractivity contribution is 7.92. The number of para-hydroxylation sites is 2. The van der Waals surface area contributed by atoms with Crippen molar-refractivity contribution in [3.8, 4) is 5.75 Å². The molecule has 4 aromatic carbocycles. The van der Waals surface area contributed by atoms with E-state index >= 15 is 0 Å². The highest BCUT2D eigenvalue weighted by atomic mass is 32.2. The Bertz CT molecular complexity index is 1700. The van der Waals surface area contributed by atoms with Crippen molar-refractivity contribution in [2.45, 2.75) is 57.1 Å². The average molecular weight is 628 g/mol. The highest BCUT2D eigenvalue weighted by Gasteiger charge is 2.36. The number of methoxy groups -OCH3 is 1. The first-order valence-corrected chi connectivity index (χ1v) is 16.3. The molecule has 1 atom stereocenters. The summed E-state index contributed by atoms with van der Waals surface area (Å²) in [5, 5.41) is 3.05. The maximum atomic E-state index is 14.6. The number of anilines is 1. The number of carbonyl (C=O) groups excluding carboxylic acids is 2. The molecule has 1 unspecified atom stereocenters. The van der Waals surface area contributed by atoms with E-state index in [0.29, 0.717) is 5.75 Å². The third-order valence-corrected chi connectivity index (χ3v) is 9.11. The van der Waals surface area contributed by atoms with Gasteiger partial charge in [-0.25, -0.2) is 8.42 Å². The Labute approximate surface area is 266 Å². The Morgan fingerprint density at radius 1 is 0.822 bits per heavy atom. The molecule has 0 heterocycles. The lowest BCUT2D eigenvalue weighted by Gasteiger charge is -2.35. The Morgan fingerprint density at radius 2 is 1.40 bits per heavy atom. The third-order valence-electron chi connectivity index (χ3n) is 7.34. The number of sulfonamides is 1. The third kappa shape index (κ3) is 8.51. The largest absolute Gasteiger partial charge is 0.495 e. The van der Waals surface area contributed by atoms with Gasteiger partial charge in [0.1, 0.15) is 18.3 Å². The predicted molar refractivity (Wildman–Crippen MR) is 178 cm³/mol. The average Bonchev–Trinajstić information content (AvgIpc) is 3.02. The number of aryl methyl sites for hydroxylation is 1. The quantitative estimate of drug-likeness (QED) is 0.216. The van der Waals surface area contributed by atoms with E-state index < -0.39 is 34.1 Å². The fourth-order valence-corrected chi connectivity index (χ4v) is 6.49. The maximum absolute atomic E-state index is 14.6. The molecule has 4 aromatic rings. The summed E-state index contributed by atoms with van der Waals surface area (Å²) >= 11 is 0. The van der Waals surface area contributed by atoms with Gasteiger partial charge >= 0.3 is 0 Å². The summed E-state index contributed by atoms with van der Waals surface area (Å²) in [6, 6.07) is 30.8. The minimum atomic E-state index is -4.22. The maximum Gasteiger partial charge on any atom is 0.264 e. The molecule has 0 aliphatic heterocycles. The van der Waals surface area contributed by atoms with E-state index in [1.807, 2.05) is 82.3 Å². The molecule has 0 aliphatic carbocycles. The van der Waals surface area contributed by atoms with Crippen LogP contribution >= 0.6 is 0 Å². The number of nitrogens with one attached hydrogen (secondary N) is 1. The minimum absolute atomic E-state index is 0.0282. The molecule has 0 saturated carbocycles. The molecule has 0 aliphatic rings. The lowest BCUT2D eigenvalue weighted by Crippen LogP contribution is -2.56. The summed E-state index contributed by atoms with van der Waals surface area (Å²) < 4.78 is 34.9. The fourth-order valence-electron chi connectivity index (χ4n) is 5.05. The molecule has 45 heavy (non-hydrogen) atoms. The van der Waals surface area contributed by atoms with Gasteiger partial charge in [-0.3, -0.25) is 13.9 Å². The summed E-state index contributed by atoms with van der Waals surface area (Å²) in [6.45, 7) is 7.14. The van der Waals surface area contributed by atoms with Crippen molar-refractivity contribution in [3.63, 3.8) is 0 Å². The standard InChI is InChI=1S/C36H41N3O5S/c1-27-16-12-13-19-29(27)25-38(32(35(41)37-36(2,3)4)24-28-17-8-6-9-18-28)34(40)26-39(31-22-14-15-23-33(31)44-5)45(42,43)30-20-10-7-11-21-30/h6-23,32H,24-26H2,1-5H3,(H,37,41). The number of hydrogen-bond acceptors (Lipinski definition) is 5. The lowest BCUT2D eigenvalue weighted by molar-refractivity contribution is -0.140. The van der Waals surface area contributed by atoms with E-state index in [-0.39, 0.29) is 29.5 Å². The van der Waals surface area contributed by atoms with Crippen LogP contribution in [0.15, 0.2) is 114 Å². The summed E-state index contributed by atoms with van der Waals surface area (Å²) in [6.07, 6.45) is 0.237. The van der Waals surface area contributed by atoms with Crippen LogP contribution in [0.25, 0.3) is 0 Å². The molecular formula is C36H41N3O5S. The van der Waals surface area contributed by atoms with Crippen LogP contribution in [-0.2, 0) is 32.6 Å². The van der Waals surface area contributed by atoms with Crippen LogP contribution < -0.4 is 14.4 Å². The zero-order valence-corrected chi connectivity index (χ0v) is 27.3. The Kier molecular flexibility index (Phi) is 10.7. The second-order valence-corrected chi connectivity index (χ2v) is 13.8. The van der Waals surface area contributed by atoms with Crippen molar-refractivity contribution in [2.75, 3.05) is 18.0 Å². The monoisotopic (exact) mass is 627 g/mol.